The minimum atomic E-state index is -3.66. The molecule has 174 valence electrons. The number of nitrogens with one attached hydrogen (secondary N) is 1. The molecule has 0 saturated heterocycles. The second kappa shape index (κ2) is 11.4. The lowest BCUT2D eigenvalue weighted by atomic mass is 9.97. The maximum Gasteiger partial charge on any atom is 0.303 e. The van der Waals surface area contributed by atoms with Gasteiger partial charge in [0.1, 0.15) is 5.82 Å². The van der Waals surface area contributed by atoms with Gasteiger partial charge in [-0.05, 0) is 84.3 Å². The number of carboxylic acids is 1. The van der Waals surface area contributed by atoms with E-state index in [0.29, 0.717) is 30.7 Å². The van der Waals surface area contributed by atoms with Crippen LogP contribution in [-0.2, 0) is 40.5 Å². The van der Waals surface area contributed by atoms with Gasteiger partial charge in [-0.3, -0.25) is 4.79 Å². The molecule has 0 bridgehead atoms. The van der Waals surface area contributed by atoms with Gasteiger partial charge in [-0.25, -0.2) is 17.5 Å². The van der Waals surface area contributed by atoms with Gasteiger partial charge in [-0.15, -0.1) is 0 Å². The molecule has 0 amide bonds. The highest BCUT2D eigenvalue weighted by molar-refractivity contribution is 7.89. The third kappa shape index (κ3) is 7.96. The number of aliphatic carboxylic acids is 1. The Morgan fingerprint density at radius 3 is 1.97 bits per heavy atom. The molecule has 0 aliphatic heterocycles. The molecule has 0 saturated carbocycles. The summed E-state index contributed by atoms with van der Waals surface area (Å²) in [6.07, 6.45) is 2.28. The van der Waals surface area contributed by atoms with Gasteiger partial charge >= 0.3 is 5.97 Å². The molecule has 0 fully saturated rings. The lowest BCUT2D eigenvalue weighted by molar-refractivity contribution is -0.136. The first-order chi connectivity index (χ1) is 15.7. The average molecular weight is 490 g/mol. The summed E-state index contributed by atoms with van der Waals surface area (Å²) in [6.45, 7) is 0.199. The molecule has 0 spiro atoms. The lowest BCUT2D eigenvalue weighted by Crippen LogP contribution is -2.26. The lowest BCUT2D eigenvalue weighted by Gasteiger charge is -2.11. The van der Waals surface area contributed by atoms with E-state index in [1.165, 1.54) is 36.4 Å². The van der Waals surface area contributed by atoms with Crippen molar-refractivity contribution in [1.29, 1.82) is 0 Å². The van der Waals surface area contributed by atoms with Crippen molar-refractivity contribution in [3.8, 4) is 0 Å². The Balaban J connectivity index is 1.68. The van der Waals surface area contributed by atoms with Crippen LogP contribution in [0.1, 0.15) is 28.7 Å². The second-order valence-electron chi connectivity index (χ2n) is 7.78. The predicted molar refractivity (Wildman–Crippen MR) is 127 cm³/mol. The zero-order chi connectivity index (χ0) is 23.8. The fourth-order valence-electron chi connectivity index (χ4n) is 3.49. The van der Waals surface area contributed by atoms with Crippen molar-refractivity contribution >= 4 is 27.6 Å². The fourth-order valence-corrected chi connectivity index (χ4v) is 4.65. The van der Waals surface area contributed by atoms with E-state index in [4.69, 9.17) is 16.7 Å². The van der Waals surface area contributed by atoms with Crippen LogP contribution >= 0.6 is 11.6 Å². The van der Waals surface area contributed by atoms with E-state index in [2.05, 4.69) is 4.72 Å². The van der Waals surface area contributed by atoms with E-state index in [1.54, 1.807) is 12.1 Å². The van der Waals surface area contributed by atoms with Crippen molar-refractivity contribution in [1.82, 2.24) is 4.72 Å². The van der Waals surface area contributed by atoms with Crippen molar-refractivity contribution < 1.29 is 22.7 Å². The quantitative estimate of drug-likeness (QED) is 0.405. The largest absolute Gasteiger partial charge is 0.481 e. The topological polar surface area (TPSA) is 83.5 Å². The number of aryl methyl sites for hydroxylation is 3. The second-order valence-corrected chi connectivity index (χ2v) is 9.98. The van der Waals surface area contributed by atoms with E-state index in [1.807, 2.05) is 18.2 Å². The van der Waals surface area contributed by atoms with Crippen LogP contribution in [0.25, 0.3) is 0 Å². The zero-order valence-corrected chi connectivity index (χ0v) is 19.5. The summed E-state index contributed by atoms with van der Waals surface area (Å²) in [5.74, 6) is -1.15. The summed E-state index contributed by atoms with van der Waals surface area (Å²) < 4.78 is 40.7. The first-order valence-corrected chi connectivity index (χ1v) is 12.4. The molecule has 0 aromatic heterocycles. The maximum absolute atomic E-state index is 13.1. The highest BCUT2D eigenvalue weighted by atomic mass is 35.5. The molecular weight excluding hydrogens is 465 g/mol. The van der Waals surface area contributed by atoms with Gasteiger partial charge in [0.05, 0.1) is 4.90 Å². The predicted octanol–water partition coefficient (Wildman–Crippen LogP) is 4.80. The Kier molecular flexibility index (Phi) is 8.61. The number of sulfonamides is 1. The minimum Gasteiger partial charge on any atom is -0.481 e. The van der Waals surface area contributed by atoms with E-state index in [-0.39, 0.29) is 23.7 Å². The maximum atomic E-state index is 13.1. The molecule has 0 aliphatic rings. The zero-order valence-electron chi connectivity index (χ0n) is 17.9. The van der Waals surface area contributed by atoms with Crippen LogP contribution in [0, 0.1) is 5.82 Å². The molecule has 3 rings (SSSR count). The van der Waals surface area contributed by atoms with Crippen LogP contribution < -0.4 is 4.72 Å². The Labute approximate surface area is 198 Å². The Bertz CT molecular complexity index is 1200. The fraction of sp³-hybridized carbons (Fsp3) is 0.240. The van der Waals surface area contributed by atoms with Gasteiger partial charge in [-0.1, -0.05) is 41.9 Å². The van der Waals surface area contributed by atoms with Crippen molar-refractivity contribution in [2.75, 3.05) is 6.54 Å². The number of carboxylic acid groups (broad SMARTS) is 1. The first kappa shape index (κ1) is 24.9. The van der Waals surface area contributed by atoms with Gasteiger partial charge in [0.15, 0.2) is 0 Å². The Hall–Kier alpha value is -2.74. The first-order valence-electron chi connectivity index (χ1n) is 10.5. The highest BCUT2D eigenvalue weighted by Gasteiger charge is 2.13. The van der Waals surface area contributed by atoms with Gasteiger partial charge in [0.2, 0.25) is 10.0 Å². The summed E-state index contributed by atoms with van der Waals surface area (Å²) in [5.41, 5.74) is 3.85. The third-order valence-corrected chi connectivity index (χ3v) is 6.91. The molecule has 0 heterocycles. The summed E-state index contributed by atoms with van der Waals surface area (Å²) in [5, 5.41) is 9.49. The van der Waals surface area contributed by atoms with E-state index in [0.717, 1.165) is 22.3 Å². The van der Waals surface area contributed by atoms with Gasteiger partial charge < -0.3 is 5.11 Å². The van der Waals surface area contributed by atoms with Crippen LogP contribution in [0.4, 0.5) is 4.39 Å². The number of benzene rings is 3. The average Bonchev–Trinajstić information content (AvgIpc) is 2.77. The van der Waals surface area contributed by atoms with Crippen molar-refractivity contribution in [2.45, 2.75) is 37.0 Å². The summed E-state index contributed by atoms with van der Waals surface area (Å²) in [4.78, 5) is 11.1. The van der Waals surface area contributed by atoms with Gasteiger partial charge in [-0.2, -0.15) is 0 Å². The van der Waals surface area contributed by atoms with Crippen LogP contribution in [0.2, 0.25) is 5.02 Å². The number of rotatable bonds is 11. The SMILES string of the molecule is O=C(O)CCc1cc(CCNS(=O)(=O)c2ccc(Cl)cc2)cc(CCc2ccc(F)cc2)c1. The third-order valence-electron chi connectivity index (χ3n) is 5.19. The molecular formula is C25H25ClFNO4S. The summed E-state index contributed by atoms with van der Waals surface area (Å²) >= 11 is 5.82. The number of carbonyl (C=O) groups is 1. The molecule has 0 radical (unpaired) electrons. The Morgan fingerprint density at radius 2 is 1.36 bits per heavy atom. The van der Waals surface area contributed by atoms with Crippen molar-refractivity contribution in [2.24, 2.45) is 0 Å². The molecule has 3 aromatic carbocycles. The molecule has 2 N–H and O–H groups in total. The molecule has 33 heavy (non-hydrogen) atoms. The monoisotopic (exact) mass is 489 g/mol. The smallest absolute Gasteiger partial charge is 0.303 e. The van der Waals surface area contributed by atoms with E-state index < -0.39 is 16.0 Å². The van der Waals surface area contributed by atoms with Crippen LogP contribution in [0.5, 0.6) is 0 Å². The molecule has 0 unspecified atom stereocenters. The molecule has 0 aliphatic carbocycles. The Morgan fingerprint density at radius 1 is 0.818 bits per heavy atom. The molecule has 8 heteroatoms. The van der Waals surface area contributed by atoms with E-state index >= 15 is 0 Å². The van der Waals surface area contributed by atoms with Gasteiger partial charge in [0, 0.05) is 18.0 Å². The number of hydrogen-bond donors (Lipinski definition) is 2. The van der Waals surface area contributed by atoms with Crippen molar-refractivity contribution in [3.63, 3.8) is 0 Å². The minimum absolute atomic E-state index is 0.0179. The standard InChI is InChI=1S/C25H25ClFNO4S/c26-22-6-10-24(11-7-22)33(31,32)28-14-13-21-16-19(15-20(17-21)5-12-25(29)30)2-1-18-3-8-23(27)9-4-18/h3-4,6-11,15-17,28H,1-2,5,12-14H2,(H,29,30). The van der Waals surface area contributed by atoms with Gasteiger partial charge in [0.25, 0.3) is 0 Å². The normalized spacial score (nSPS) is 11.5. The van der Waals surface area contributed by atoms with Crippen LogP contribution in [0.15, 0.2) is 71.6 Å². The summed E-state index contributed by atoms with van der Waals surface area (Å²) in [7, 11) is -3.66. The van der Waals surface area contributed by atoms with Crippen LogP contribution in [-0.4, -0.2) is 26.0 Å². The molecule has 3 aromatic rings. The summed E-state index contributed by atoms with van der Waals surface area (Å²) in [6, 6.07) is 18.2. The van der Waals surface area contributed by atoms with Crippen LogP contribution in [0.3, 0.4) is 0 Å². The number of hydrogen-bond acceptors (Lipinski definition) is 3. The van der Waals surface area contributed by atoms with Crippen molar-refractivity contribution in [3.05, 3.63) is 99.8 Å². The number of halogens is 2. The van der Waals surface area contributed by atoms with E-state index in [9.17, 15) is 17.6 Å². The molecule has 5 nitrogen and oxygen atoms in total. The highest BCUT2D eigenvalue weighted by Crippen LogP contribution is 2.17. The molecule has 0 atom stereocenters.